The highest BCUT2D eigenvalue weighted by atomic mass is 32.1. The van der Waals surface area contributed by atoms with Gasteiger partial charge in [-0.25, -0.2) is 4.79 Å². The van der Waals surface area contributed by atoms with Crippen molar-refractivity contribution in [1.82, 2.24) is 0 Å². The van der Waals surface area contributed by atoms with Gasteiger partial charge in [-0.1, -0.05) is 18.2 Å². The Labute approximate surface area is 166 Å². The zero-order valence-electron chi connectivity index (χ0n) is 15.9. The lowest BCUT2D eigenvalue weighted by molar-refractivity contribution is -0.682. The molecule has 0 saturated heterocycles. The smallest absolute Gasteiger partial charge is 0.341 e. The van der Waals surface area contributed by atoms with Crippen LogP contribution in [0.2, 0.25) is 0 Å². The van der Waals surface area contributed by atoms with Crippen LogP contribution in [0.15, 0.2) is 42.7 Å². The number of aromatic nitrogens is 1. The minimum absolute atomic E-state index is 0.0828. The number of pyridine rings is 1. The number of carbonyl (C=O) groups excluding carboxylic acids is 3. The van der Waals surface area contributed by atoms with Crippen molar-refractivity contribution in [2.75, 3.05) is 11.9 Å². The minimum Gasteiger partial charge on any atom is -0.462 e. The van der Waals surface area contributed by atoms with Crippen molar-refractivity contribution in [3.8, 4) is 0 Å². The van der Waals surface area contributed by atoms with E-state index in [4.69, 9.17) is 4.74 Å². The van der Waals surface area contributed by atoms with E-state index >= 15 is 0 Å². The van der Waals surface area contributed by atoms with Crippen molar-refractivity contribution in [1.29, 1.82) is 0 Å². The summed E-state index contributed by atoms with van der Waals surface area (Å²) in [5, 5.41) is 5.22. The number of hydrogen-bond donors (Lipinski definition) is 1. The first-order valence-electron chi connectivity index (χ1n) is 8.89. The zero-order valence-corrected chi connectivity index (χ0v) is 16.8. The van der Waals surface area contributed by atoms with E-state index in [1.807, 2.05) is 42.7 Å². The lowest BCUT2D eigenvalue weighted by Gasteiger charge is -2.06. The number of thiophene rings is 1. The van der Waals surface area contributed by atoms with Gasteiger partial charge in [0.25, 0.3) is 5.91 Å². The number of nitrogens with one attached hydrogen (secondary N) is 1. The van der Waals surface area contributed by atoms with Crippen molar-refractivity contribution >= 4 is 44.8 Å². The average molecular weight is 397 g/mol. The maximum absolute atomic E-state index is 12.6. The highest BCUT2D eigenvalue weighted by Crippen LogP contribution is 2.34. The van der Waals surface area contributed by atoms with Gasteiger partial charge < -0.3 is 10.1 Å². The Hall–Kier alpha value is -3.06. The molecule has 0 radical (unpaired) electrons. The van der Waals surface area contributed by atoms with E-state index in [9.17, 15) is 14.4 Å². The molecule has 0 aliphatic heterocycles. The van der Waals surface area contributed by atoms with Crippen LogP contribution in [0, 0.1) is 6.92 Å². The summed E-state index contributed by atoms with van der Waals surface area (Å²) in [4.78, 5) is 37.2. The van der Waals surface area contributed by atoms with Crippen LogP contribution in [0.25, 0.3) is 10.8 Å². The summed E-state index contributed by atoms with van der Waals surface area (Å²) >= 11 is 1.10. The van der Waals surface area contributed by atoms with Crippen LogP contribution in [0.4, 0.5) is 5.00 Å². The number of hydrogen-bond acceptors (Lipinski definition) is 5. The number of anilines is 1. The average Bonchev–Trinajstić information content (AvgIpc) is 2.98. The molecule has 1 N–H and O–H groups in total. The quantitative estimate of drug-likeness (QED) is 0.392. The number of esters is 1. The van der Waals surface area contributed by atoms with Crippen molar-refractivity contribution in [2.45, 2.75) is 27.3 Å². The monoisotopic (exact) mass is 397 g/mol. The number of Topliss-reactive ketones (excluding diaryl/α,β-unsaturated/α-hetero) is 1. The van der Waals surface area contributed by atoms with Crippen molar-refractivity contribution in [2.24, 2.45) is 0 Å². The molecule has 7 heteroatoms. The molecule has 0 saturated carbocycles. The maximum atomic E-state index is 12.6. The summed E-state index contributed by atoms with van der Waals surface area (Å²) in [5.74, 6) is -0.989. The fourth-order valence-electron chi connectivity index (χ4n) is 2.99. The third kappa shape index (κ3) is 4.09. The Morgan fingerprint density at radius 1 is 1.14 bits per heavy atom. The molecule has 144 valence electrons. The third-order valence-corrected chi connectivity index (χ3v) is 5.58. The van der Waals surface area contributed by atoms with E-state index in [1.54, 1.807) is 18.4 Å². The molecular formula is C21H21N2O4S+. The SMILES string of the molecule is CCOC(=O)c1c(NC(=O)C[n+]2ccc3ccccc3c2)sc(C(C)=O)c1C. The molecule has 0 unspecified atom stereocenters. The predicted molar refractivity (Wildman–Crippen MR) is 108 cm³/mol. The molecule has 3 rings (SSSR count). The maximum Gasteiger partial charge on any atom is 0.341 e. The molecule has 0 atom stereocenters. The van der Waals surface area contributed by atoms with Crippen LogP contribution in [0.5, 0.6) is 0 Å². The van der Waals surface area contributed by atoms with Gasteiger partial charge in [-0.15, -0.1) is 11.3 Å². The normalized spacial score (nSPS) is 10.7. The van der Waals surface area contributed by atoms with Gasteiger partial charge in [0.15, 0.2) is 18.2 Å². The number of carbonyl (C=O) groups is 3. The molecule has 0 spiro atoms. The number of benzene rings is 1. The molecule has 0 fully saturated rings. The summed E-state index contributed by atoms with van der Waals surface area (Å²) in [6.45, 7) is 5.13. The van der Waals surface area contributed by atoms with E-state index in [2.05, 4.69) is 5.32 Å². The molecule has 0 aliphatic carbocycles. The lowest BCUT2D eigenvalue weighted by Crippen LogP contribution is -2.39. The fourth-order valence-corrected chi connectivity index (χ4v) is 4.10. The van der Waals surface area contributed by atoms with Gasteiger partial charge in [-0.3, -0.25) is 9.59 Å². The van der Waals surface area contributed by atoms with Gasteiger partial charge in [-0.2, -0.15) is 4.57 Å². The topological polar surface area (TPSA) is 76.3 Å². The van der Waals surface area contributed by atoms with Crippen molar-refractivity contribution in [3.05, 3.63) is 58.7 Å². The van der Waals surface area contributed by atoms with E-state index < -0.39 is 5.97 Å². The van der Waals surface area contributed by atoms with Crippen LogP contribution < -0.4 is 9.88 Å². The molecule has 0 bridgehead atoms. The van der Waals surface area contributed by atoms with Gasteiger partial charge in [0.2, 0.25) is 6.54 Å². The van der Waals surface area contributed by atoms with Crippen molar-refractivity contribution in [3.63, 3.8) is 0 Å². The summed E-state index contributed by atoms with van der Waals surface area (Å²) < 4.78 is 6.86. The first-order valence-corrected chi connectivity index (χ1v) is 9.71. The zero-order chi connectivity index (χ0) is 20.3. The number of nitrogens with zero attached hydrogens (tertiary/aromatic N) is 1. The molecule has 3 aromatic rings. The molecule has 1 aromatic carbocycles. The number of rotatable bonds is 6. The molecule has 0 aliphatic rings. The summed E-state index contributed by atoms with van der Waals surface area (Å²) in [5.41, 5.74) is 0.776. The fraction of sp³-hybridized carbons (Fsp3) is 0.238. The minimum atomic E-state index is -0.544. The predicted octanol–water partition coefficient (Wildman–Crippen LogP) is 3.52. The van der Waals surface area contributed by atoms with E-state index in [1.165, 1.54) is 6.92 Å². The molecule has 1 amide bonds. The number of ketones is 1. The van der Waals surface area contributed by atoms with Gasteiger partial charge in [0, 0.05) is 11.5 Å². The van der Waals surface area contributed by atoms with E-state index in [0.29, 0.717) is 15.4 Å². The van der Waals surface area contributed by atoms with Gasteiger partial charge in [0.05, 0.1) is 17.0 Å². The first-order chi connectivity index (χ1) is 13.4. The largest absolute Gasteiger partial charge is 0.462 e. The second kappa shape index (κ2) is 8.31. The number of amides is 1. The van der Waals surface area contributed by atoms with Crippen LogP contribution in [-0.2, 0) is 16.1 Å². The molecule has 2 aromatic heterocycles. The second-order valence-corrected chi connectivity index (χ2v) is 7.35. The highest BCUT2D eigenvalue weighted by Gasteiger charge is 2.25. The highest BCUT2D eigenvalue weighted by molar-refractivity contribution is 7.18. The Balaban J connectivity index is 1.85. The second-order valence-electron chi connectivity index (χ2n) is 6.33. The molecule has 6 nitrogen and oxygen atoms in total. The van der Waals surface area contributed by atoms with Gasteiger partial charge in [-0.05, 0) is 37.8 Å². The molecular weight excluding hydrogens is 376 g/mol. The van der Waals surface area contributed by atoms with Crippen LogP contribution >= 0.6 is 11.3 Å². The standard InChI is InChI=1S/C21H20N2O4S/c1-4-27-21(26)18-13(2)19(14(3)24)28-20(18)22-17(25)12-23-10-9-15-7-5-6-8-16(15)11-23/h5-11H,4,12H2,1-3H3/p+1. The van der Waals surface area contributed by atoms with Crippen LogP contribution in [-0.4, -0.2) is 24.3 Å². The molecule has 28 heavy (non-hydrogen) atoms. The van der Waals surface area contributed by atoms with E-state index in [-0.39, 0.29) is 30.4 Å². The Morgan fingerprint density at radius 3 is 2.54 bits per heavy atom. The Bertz CT molecular complexity index is 1070. The Kier molecular flexibility index (Phi) is 5.84. The summed E-state index contributed by atoms with van der Waals surface area (Å²) in [7, 11) is 0. The van der Waals surface area contributed by atoms with E-state index in [0.717, 1.165) is 22.1 Å². The lowest BCUT2D eigenvalue weighted by atomic mass is 10.1. The van der Waals surface area contributed by atoms with Crippen molar-refractivity contribution < 1.29 is 23.7 Å². The van der Waals surface area contributed by atoms with Crippen LogP contribution in [0.3, 0.4) is 0 Å². The summed E-state index contributed by atoms with van der Waals surface area (Å²) in [6, 6.07) is 9.82. The third-order valence-electron chi connectivity index (χ3n) is 4.27. The number of fused-ring (bicyclic) bond motifs is 1. The summed E-state index contributed by atoms with van der Waals surface area (Å²) in [6.07, 6.45) is 3.72. The van der Waals surface area contributed by atoms with Gasteiger partial charge in [0.1, 0.15) is 5.00 Å². The Morgan fingerprint density at radius 2 is 1.86 bits per heavy atom. The van der Waals surface area contributed by atoms with Crippen LogP contribution in [0.1, 0.15) is 39.4 Å². The van der Waals surface area contributed by atoms with Gasteiger partial charge >= 0.3 is 5.97 Å². The molecule has 2 heterocycles. The number of ether oxygens (including phenoxy) is 1. The first kappa shape index (κ1) is 19.7.